The number of aromatic nitrogens is 2. The molecule has 130 valence electrons. The van der Waals surface area contributed by atoms with E-state index in [0.717, 1.165) is 12.1 Å². The summed E-state index contributed by atoms with van der Waals surface area (Å²) in [5.41, 5.74) is 7.79. The molecule has 0 bridgehead atoms. The smallest absolute Gasteiger partial charge is 0.268 e. The first-order chi connectivity index (χ1) is 12.5. The van der Waals surface area contributed by atoms with Crippen LogP contribution in [0.25, 0.3) is 21.3 Å². The van der Waals surface area contributed by atoms with Crippen molar-refractivity contribution >= 4 is 27.2 Å². The maximum atomic E-state index is 14.0. The Morgan fingerprint density at radius 2 is 1.88 bits per heavy atom. The third-order valence-electron chi connectivity index (χ3n) is 3.77. The number of aromatic amines is 1. The van der Waals surface area contributed by atoms with Crippen molar-refractivity contribution in [2.75, 3.05) is 5.73 Å². The van der Waals surface area contributed by atoms with Gasteiger partial charge in [-0.15, -0.1) is 11.3 Å². The van der Waals surface area contributed by atoms with E-state index < -0.39 is 11.6 Å². The van der Waals surface area contributed by atoms with Crippen molar-refractivity contribution < 1.29 is 13.5 Å². The molecule has 4 aromatic rings. The van der Waals surface area contributed by atoms with Crippen molar-refractivity contribution in [3.8, 4) is 22.6 Å². The monoisotopic (exact) mass is 371 g/mol. The number of ether oxygens (including phenoxy) is 1. The van der Waals surface area contributed by atoms with E-state index in [-0.39, 0.29) is 11.3 Å². The lowest BCUT2D eigenvalue weighted by Crippen LogP contribution is -2.03. The molecule has 0 saturated heterocycles. The fourth-order valence-corrected chi connectivity index (χ4v) is 3.49. The van der Waals surface area contributed by atoms with Crippen LogP contribution >= 0.6 is 11.3 Å². The lowest BCUT2D eigenvalue weighted by molar-refractivity contribution is 0.439. The molecule has 26 heavy (non-hydrogen) atoms. The number of benzene rings is 2. The first kappa shape index (κ1) is 16.2. The van der Waals surface area contributed by atoms with Crippen LogP contribution in [0.15, 0.2) is 52.9 Å². The van der Waals surface area contributed by atoms with Gasteiger partial charge in [-0.3, -0.25) is 4.79 Å². The van der Waals surface area contributed by atoms with E-state index >= 15 is 0 Å². The highest BCUT2D eigenvalue weighted by atomic mass is 32.1. The fraction of sp³-hybridized carbons (Fsp3) is 0. The lowest BCUT2D eigenvalue weighted by atomic mass is 10.1. The van der Waals surface area contributed by atoms with Gasteiger partial charge in [0.05, 0.1) is 11.8 Å². The molecule has 0 unspecified atom stereocenters. The van der Waals surface area contributed by atoms with Gasteiger partial charge < -0.3 is 15.5 Å². The highest BCUT2D eigenvalue weighted by Gasteiger charge is 2.16. The number of nitrogens with zero attached hydrogens (tertiary/aromatic N) is 1. The molecule has 0 saturated carbocycles. The zero-order chi connectivity index (χ0) is 18.3. The number of nitrogen functional groups attached to an aromatic ring is 1. The fourth-order valence-electron chi connectivity index (χ4n) is 2.58. The predicted molar refractivity (Wildman–Crippen MR) is 96.5 cm³/mol. The van der Waals surface area contributed by atoms with Crippen molar-refractivity contribution in [1.82, 2.24) is 9.97 Å². The van der Waals surface area contributed by atoms with E-state index in [4.69, 9.17) is 10.5 Å². The zero-order valence-corrected chi connectivity index (χ0v) is 13.9. The molecule has 4 rings (SSSR count). The molecule has 2 aromatic carbocycles. The van der Waals surface area contributed by atoms with Crippen molar-refractivity contribution in [2.24, 2.45) is 0 Å². The summed E-state index contributed by atoms with van der Waals surface area (Å²) in [4.78, 5) is 18.7. The molecule has 0 atom stereocenters. The van der Waals surface area contributed by atoms with E-state index in [0.29, 0.717) is 32.8 Å². The van der Waals surface area contributed by atoms with E-state index in [1.165, 1.54) is 23.7 Å². The van der Waals surface area contributed by atoms with Gasteiger partial charge in [-0.05, 0) is 30.3 Å². The topological polar surface area (TPSA) is 81.0 Å². The summed E-state index contributed by atoms with van der Waals surface area (Å²) in [6, 6.07) is 7.91. The molecule has 0 aliphatic rings. The van der Waals surface area contributed by atoms with Gasteiger partial charge in [-0.25, -0.2) is 13.8 Å². The molecular weight excluding hydrogens is 360 g/mol. The minimum absolute atomic E-state index is 0.122. The molecule has 2 heterocycles. The third kappa shape index (κ3) is 2.80. The summed E-state index contributed by atoms with van der Waals surface area (Å²) in [6.07, 6.45) is 1.31. The molecule has 3 N–H and O–H groups in total. The number of fused-ring (bicyclic) bond motifs is 1. The molecule has 0 aliphatic heterocycles. The largest absolute Gasteiger partial charge is 0.454 e. The molecule has 0 aliphatic carbocycles. The number of H-pyrrole nitrogens is 1. The van der Waals surface area contributed by atoms with Crippen LogP contribution in [0.5, 0.6) is 11.5 Å². The van der Waals surface area contributed by atoms with Gasteiger partial charge in [-0.1, -0.05) is 0 Å². The Hall–Kier alpha value is -3.26. The minimum atomic E-state index is -0.822. The number of thiophene rings is 1. The van der Waals surface area contributed by atoms with Gasteiger partial charge in [0, 0.05) is 28.3 Å². The Labute approximate surface area is 149 Å². The van der Waals surface area contributed by atoms with Gasteiger partial charge in [0.1, 0.15) is 16.3 Å². The van der Waals surface area contributed by atoms with Gasteiger partial charge >= 0.3 is 0 Å². The number of anilines is 1. The standard InChI is InChI=1S/C18H11F2N3O2S/c19-9-1-3-15(13(20)5-9)25-14-4-2-10(21)6-11(14)12-7-26-17-16(12)22-8-23-18(17)24/h1-8H,21H2,(H,22,23,24). The molecule has 2 aromatic heterocycles. The number of nitrogens with one attached hydrogen (secondary N) is 1. The average Bonchev–Trinajstić information content (AvgIpc) is 3.04. The Morgan fingerprint density at radius 3 is 2.69 bits per heavy atom. The highest BCUT2D eigenvalue weighted by molar-refractivity contribution is 7.17. The van der Waals surface area contributed by atoms with Gasteiger partial charge in [0.2, 0.25) is 0 Å². The van der Waals surface area contributed by atoms with E-state index in [1.807, 2.05) is 0 Å². The van der Waals surface area contributed by atoms with Crippen LogP contribution in [0.4, 0.5) is 14.5 Å². The van der Waals surface area contributed by atoms with Crippen LogP contribution < -0.4 is 16.0 Å². The summed E-state index contributed by atoms with van der Waals surface area (Å²) >= 11 is 1.24. The summed E-state index contributed by atoms with van der Waals surface area (Å²) < 4.78 is 33.2. The van der Waals surface area contributed by atoms with Crippen LogP contribution in [0.3, 0.4) is 0 Å². The number of nitrogens with two attached hydrogens (primary N) is 1. The van der Waals surface area contributed by atoms with Gasteiger partial charge in [0.15, 0.2) is 11.6 Å². The Balaban J connectivity index is 1.87. The Kier molecular flexibility index (Phi) is 3.89. The normalized spacial score (nSPS) is 11.0. The second-order valence-electron chi connectivity index (χ2n) is 5.49. The van der Waals surface area contributed by atoms with Crippen LogP contribution in [0, 0.1) is 11.6 Å². The number of hydrogen-bond donors (Lipinski definition) is 2. The Morgan fingerprint density at radius 1 is 1.08 bits per heavy atom. The molecule has 8 heteroatoms. The molecule has 0 radical (unpaired) electrons. The van der Waals surface area contributed by atoms with Crippen molar-refractivity contribution in [1.29, 1.82) is 0 Å². The number of rotatable bonds is 3. The van der Waals surface area contributed by atoms with Crippen LogP contribution in [-0.4, -0.2) is 9.97 Å². The van der Waals surface area contributed by atoms with Gasteiger partial charge in [-0.2, -0.15) is 0 Å². The zero-order valence-electron chi connectivity index (χ0n) is 13.1. The minimum Gasteiger partial charge on any atom is -0.454 e. The van der Waals surface area contributed by atoms with Crippen LogP contribution in [0.2, 0.25) is 0 Å². The SMILES string of the molecule is Nc1ccc(Oc2ccc(F)cc2F)c(-c2csc3c(=O)[nH]cnc23)c1. The quantitative estimate of drug-likeness (QED) is 0.526. The van der Waals surface area contributed by atoms with Crippen molar-refractivity contribution in [2.45, 2.75) is 0 Å². The second kappa shape index (κ2) is 6.23. The number of hydrogen-bond acceptors (Lipinski definition) is 5. The summed E-state index contributed by atoms with van der Waals surface area (Å²) in [5.74, 6) is -1.33. The summed E-state index contributed by atoms with van der Waals surface area (Å²) in [6.45, 7) is 0. The maximum Gasteiger partial charge on any atom is 0.268 e. The predicted octanol–water partition coefficient (Wildman–Crippen LogP) is 4.30. The Bertz CT molecular complexity index is 1190. The molecule has 0 spiro atoms. The number of halogens is 2. The highest BCUT2D eigenvalue weighted by Crippen LogP contribution is 2.40. The second-order valence-corrected chi connectivity index (χ2v) is 6.37. The molecular formula is C18H11F2N3O2S. The van der Waals surface area contributed by atoms with Gasteiger partial charge in [0.25, 0.3) is 5.56 Å². The summed E-state index contributed by atoms with van der Waals surface area (Å²) in [7, 11) is 0. The average molecular weight is 371 g/mol. The van der Waals surface area contributed by atoms with E-state index in [9.17, 15) is 13.6 Å². The molecule has 0 fully saturated rings. The maximum absolute atomic E-state index is 14.0. The third-order valence-corrected chi connectivity index (χ3v) is 4.74. The van der Waals surface area contributed by atoms with E-state index in [2.05, 4.69) is 9.97 Å². The van der Waals surface area contributed by atoms with Crippen LogP contribution in [0.1, 0.15) is 0 Å². The first-order valence-corrected chi connectivity index (χ1v) is 8.38. The summed E-state index contributed by atoms with van der Waals surface area (Å²) in [5, 5.41) is 1.76. The van der Waals surface area contributed by atoms with E-state index in [1.54, 1.807) is 23.6 Å². The molecule has 0 amide bonds. The first-order valence-electron chi connectivity index (χ1n) is 7.50. The molecule has 5 nitrogen and oxygen atoms in total. The lowest BCUT2D eigenvalue weighted by Gasteiger charge is -2.12. The van der Waals surface area contributed by atoms with Crippen molar-refractivity contribution in [3.63, 3.8) is 0 Å². The van der Waals surface area contributed by atoms with Crippen molar-refractivity contribution in [3.05, 3.63) is 70.1 Å². The van der Waals surface area contributed by atoms with Crippen LogP contribution in [-0.2, 0) is 0 Å².